The molecule has 0 heterocycles. The van der Waals surface area contributed by atoms with Crippen LogP contribution in [0, 0.1) is 11.8 Å². The molecule has 0 aromatic carbocycles. The van der Waals surface area contributed by atoms with Gasteiger partial charge in [-0.2, -0.15) is 0 Å². The Morgan fingerprint density at radius 2 is 0.543 bits per heavy atom. The molecule has 0 radical (unpaired) electrons. The first-order valence-electron chi connectivity index (χ1n) is 39.0. The molecule has 17 nitrogen and oxygen atoms in total. The number of hydrogen-bond donors (Lipinski definition) is 3. The topological polar surface area (TPSA) is 237 Å². The minimum Gasteiger partial charge on any atom is -0.462 e. The SMILES string of the molecule is CCCCCCCCCCCCCCCCCC(=O)O[C@H](COC(=O)CCCCCCCCCCCCCC(C)C)COP(=O)(O)OC[C@@H](O)COP(=O)(O)OC[C@@H](COC(=O)CCCCCCCCCCCCC)OC(=O)CCCCCCCCCCCCC(C)CC. The predicted molar refractivity (Wildman–Crippen MR) is 381 cm³/mol. The van der Waals surface area contributed by atoms with E-state index in [2.05, 4.69) is 41.5 Å². The number of phosphoric ester groups is 2. The molecule has 0 aliphatic rings. The number of rotatable bonds is 74. The van der Waals surface area contributed by atoms with Crippen LogP contribution in [-0.2, 0) is 65.4 Å². The van der Waals surface area contributed by atoms with E-state index in [9.17, 15) is 43.2 Å². The molecule has 0 fully saturated rings. The molecule has 0 aromatic heterocycles. The summed E-state index contributed by atoms with van der Waals surface area (Å²) < 4.78 is 68.5. The number of aliphatic hydroxyl groups is 1. The van der Waals surface area contributed by atoms with E-state index in [0.717, 1.165) is 102 Å². The largest absolute Gasteiger partial charge is 0.472 e. The minimum atomic E-state index is -4.96. The lowest BCUT2D eigenvalue weighted by atomic mass is 9.99. The maximum Gasteiger partial charge on any atom is 0.472 e. The molecule has 0 aromatic rings. The minimum absolute atomic E-state index is 0.107. The molecule has 558 valence electrons. The lowest BCUT2D eigenvalue weighted by molar-refractivity contribution is -0.161. The van der Waals surface area contributed by atoms with Crippen LogP contribution in [-0.4, -0.2) is 96.7 Å². The van der Waals surface area contributed by atoms with Crippen molar-refractivity contribution in [3.8, 4) is 0 Å². The molecule has 3 N–H and O–H groups in total. The van der Waals surface area contributed by atoms with Crippen LogP contribution >= 0.6 is 15.6 Å². The van der Waals surface area contributed by atoms with Gasteiger partial charge in [-0.1, -0.05) is 337 Å². The number of hydrogen-bond acceptors (Lipinski definition) is 15. The molecule has 6 atom stereocenters. The Morgan fingerprint density at radius 1 is 0.309 bits per heavy atom. The Balaban J connectivity index is 5.27. The second-order valence-corrected chi connectivity index (χ2v) is 30.7. The lowest BCUT2D eigenvalue weighted by Crippen LogP contribution is -2.30. The molecule has 0 aliphatic carbocycles. The summed E-state index contributed by atoms with van der Waals surface area (Å²) in [6, 6.07) is 0. The van der Waals surface area contributed by atoms with Crippen molar-refractivity contribution in [2.24, 2.45) is 11.8 Å². The summed E-state index contributed by atoms with van der Waals surface area (Å²) in [5.74, 6) is -0.540. The average Bonchev–Trinajstić information content (AvgIpc) is 3.62. The maximum atomic E-state index is 13.1. The molecule has 19 heteroatoms. The zero-order chi connectivity index (χ0) is 69.3. The van der Waals surface area contributed by atoms with Crippen LogP contribution in [0.25, 0.3) is 0 Å². The molecule has 94 heavy (non-hydrogen) atoms. The van der Waals surface area contributed by atoms with Crippen LogP contribution in [0.1, 0.15) is 388 Å². The monoisotopic (exact) mass is 1380 g/mol. The molecule has 0 saturated carbocycles. The first kappa shape index (κ1) is 92.1. The Hall–Kier alpha value is -1.94. The van der Waals surface area contributed by atoms with Gasteiger partial charge in [0.25, 0.3) is 0 Å². The van der Waals surface area contributed by atoms with Gasteiger partial charge in [0, 0.05) is 25.7 Å². The highest BCUT2D eigenvalue weighted by Gasteiger charge is 2.30. The van der Waals surface area contributed by atoms with Gasteiger partial charge in [-0.05, 0) is 37.5 Å². The Bertz CT molecular complexity index is 1820. The number of aliphatic hydroxyl groups excluding tert-OH is 1. The third-order valence-corrected chi connectivity index (χ3v) is 19.7. The van der Waals surface area contributed by atoms with Crippen molar-refractivity contribution in [2.45, 2.75) is 407 Å². The van der Waals surface area contributed by atoms with Gasteiger partial charge in [-0.15, -0.1) is 0 Å². The summed E-state index contributed by atoms with van der Waals surface area (Å²) >= 11 is 0. The van der Waals surface area contributed by atoms with Crippen LogP contribution < -0.4 is 0 Å². The molecular formula is C75H146O17P2. The van der Waals surface area contributed by atoms with Crippen molar-refractivity contribution in [3.05, 3.63) is 0 Å². The molecule has 0 bridgehead atoms. The number of unbranched alkanes of at least 4 members (excludes halogenated alkanes) is 43. The number of ether oxygens (including phenoxy) is 4. The zero-order valence-corrected chi connectivity index (χ0v) is 63.1. The van der Waals surface area contributed by atoms with E-state index in [-0.39, 0.29) is 25.7 Å². The van der Waals surface area contributed by atoms with Gasteiger partial charge in [-0.25, -0.2) is 9.13 Å². The predicted octanol–water partition coefficient (Wildman–Crippen LogP) is 21.9. The smallest absolute Gasteiger partial charge is 0.462 e. The second-order valence-electron chi connectivity index (χ2n) is 27.8. The maximum absolute atomic E-state index is 13.1. The zero-order valence-electron chi connectivity index (χ0n) is 61.3. The van der Waals surface area contributed by atoms with Crippen molar-refractivity contribution in [1.29, 1.82) is 0 Å². The first-order valence-corrected chi connectivity index (χ1v) is 42.0. The fourth-order valence-corrected chi connectivity index (χ4v) is 13.0. The summed E-state index contributed by atoms with van der Waals surface area (Å²) in [7, 11) is -9.91. The lowest BCUT2D eigenvalue weighted by Gasteiger charge is -2.21. The third-order valence-electron chi connectivity index (χ3n) is 17.8. The van der Waals surface area contributed by atoms with Crippen LogP contribution in [0.2, 0.25) is 0 Å². The fraction of sp³-hybridized carbons (Fsp3) is 0.947. The Kier molecular flexibility index (Phi) is 65.5. The van der Waals surface area contributed by atoms with Crippen LogP contribution in [0.15, 0.2) is 0 Å². The highest BCUT2D eigenvalue weighted by atomic mass is 31.2. The van der Waals surface area contributed by atoms with Crippen LogP contribution in [0.5, 0.6) is 0 Å². The highest BCUT2D eigenvalue weighted by Crippen LogP contribution is 2.45. The van der Waals surface area contributed by atoms with Crippen molar-refractivity contribution in [3.63, 3.8) is 0 Å². The van der Waals surface area contributed by atoms with Crippen LogP contribution in [0.4, 0.5) is 0 Å². The summed E-state index contributed by atoms with van der Waals surface area (Å²) in [5, 5.41) is 10.6. The summed E-state index contributed by atoms with van der Waals surface area (Å²) in [6.07, 6.45) is 53.8. The second kappa shape index (κ2) is 66.9. The molecule has 0 rings (SSSR count). The summed E-state index contributed by atoms with van der Waals surface area (Å²) in [4.78, 5) is 72.8. The molecular weight excluding hydrogens is 1230 g/mol. The normalized spacial score (nSPS) is 14.3. The van der Waals surface area contributed by atoms with E-state index in [1.807, 2.05) is 0 Å². The van der Waals surface area contributed by atoms with Gasteiger partial charge >= 0.3 is 39.5 Å². The van der Waals surface area contributed by atoms with E-state index in [0.29, 0.717) is 25.7 Å². The van der Waals surface area contributed by atoms with Crippen molar-refractivity contribution in [1.82, 2.24) is 0 Å². The van der Waals surface area contributed by atoms with E-state index in [4.69, 9.17) is 37.0 Å². The number of carbonyl (C=O) groups is 4. The van der Waals surface area contributed by atoms with E-state index in [1.54, 1.807) is 0 Å². The van der Waals surface area contributed by atoms with E-state index in [1.165, 1.54) is 205 Å². The van der Waals surface area contributed by atoms with Gasteiger partial charge < -0.3 is 33.8 Å². The Morgan fingerprint density at radius 3 is 0.809 bits per heavy atom. The number of phosphoric acid groups is 2. The fourth-order valence-electron chi connectivity index (χ4n) is 11.4. The first-order chi connectivity index (χ1) is 45.4. The van der Waals surface area contributed by atoms with Gasteiger partial charge in [0.15, 0.2) is 12.2 Å². The molecule has 0 aliphatic heterocycles. The molecule has 3 unspecified atom stereocenters. The standard InChI is InChI=1S/C75H146O17P2/c1-7-10-12-14-16-18-20-21-22-23-27-35-41-47-53-59-74(79)91-70(64-86-73(78)58-52-46-40-34-28-24-26-31-37-43-49-55-67(4)5)65-89-93(81,82)87-61-69(76)62-88-94(83,84)90-66-71(63-85-72(77)57-51-45-39-33-25-19-17-15-13-11-8-2)92-75(80)60-54-48-42-36-30-29-32-38-44-50-56-68(6)9-3/h67-71,76H,7-66H2,1-6H3,(H,81,82)(H,83,84)/t68?,69-,70-,71-/m1/s1. The molecule has 0 spiro atoms. The van der Waals surface area contributed by atoms with Gasteiger partial charge in [0.2, 0.25) is 0 Å². The quantitative estimate of drug-likeness (QED) is 0.0222. The molecule has 0 amide bonds. The van der Waals surface area contributed by atoms with Gasteiger partial charge in [0.1, 0.15) is 19.3 Å². The summed E-state index contributed by atoms with van der Waals surface area (Å²) in [5.41, 5.74) is 0. The molecule has 0 saturated heterocycles. The van der Waals surface area contributed by atoms with Gasteiger partial charge in [0.05, 0.1) is 26.4 Å². The van der Waals surface area contributed by atoms with E-state index < -0.39 is 97.5 Å². The average molecular weight is 1380 g/mol. The van der Waals surface area contributed by atoms with Crippen molar-refractivity contribution < 1.29 is 80.2 Å². The van der Waals surface area contributed by atoms with Crippen molar-refractivity contribution >= 4 is 39.5 Å². The van der Waals surface area contributed by atoms with Crippen LogP contribution in [0.3, 0.4) is 0 Å². The van der Waals surface area contributed by atoms with E-state index >= 15 is 0 Å². The summed E-state index contributed by atoms with van der Waals surface area (Å²) in [6.45, 7) is 9.62. The van der Waals surface area contributed by atoms with Gasteiger partial charge in [-0.3, -0.25) is 37.3 Å². The number of carbonyl (C=O) groups excluding carboxylic acids is 4. The Labute approximate surface area is 575 Å². The highest BCUT2D eigenvalue weighted by molar-refractivity contribution is 7.47. The van der Waals surface area contributed by atoms with Crippen molar-refractivity contribution in [2.75, 3.05) is 39.6 Å². The number of esters is 4. The third kappa shape index (κ3) is 67.3.